The third-order valence-electron chi connectivity index (χ3n) is 0.985. The van der Waals surface area contributed by atoms with Crippen molar-refractivity contribution in [1.82, 2.24) is 0 Å². The molecule has 0 bridgehead atoms. The van der Waals surface area contributed by atoms with Crippen molar-refractivity contribution in [2.45, 2.75) is 5.33 Å². The smallest absolute Gasteiger partial charge is 0.0283 e. The van der Waals surface area contributed by atoms with Crippen molar-refractivity contribution in [3.8, 4) is 0 Å². The molecule has 0 saturated carbocycles. The fourth-order valence-corrected chi connectivity index (χ4v) is 1.34. The molecule has 0 aromatic heterocycles. The van der Waals surface area contributed by atoms with Crippen molar-refractivity contribution in [3.05, 3.63) is 34.3 Å². The average molecular weight is 249 g/mol. The molecule has 1 rings (SSSR count). The van der Waals surface area contributed by atoms with E-state index in [1.54, 1.807) is 0 Å². The highest BCUT2D eigenvalue weighted by molar-refractivity contribution is 9.10. The average Bonchev–Trinajstić information content (AvgIpc) is 1.88. The van der Waals surface area contributed by atoms with E-state index in [1.165, 1.54) is 5.56 Å². The minimum atomic E-state index is 0.903. The quantitative estimate of drug-likeness (QED) is 0.670. The molecule has 0 aliphatic heterocycles. The molecule has 47 valence electrons. The van der Waals surface area contributed by atoms with Gasteiger partial charge in [0, 0.05) is 9.80 Å². The van der Waals surface area contributed by atoms with E-state index in [2.05, 4.69) is 37.9 Å². The third-order valence-corrected chi connectivity index (χ3v) is 2.09. The second kappa shape index (κ2) is 3.37. The molecule has 0 N–H and O–H groups in total. The van der Waals surface area contributed by atoms with E-state index >= 15 is 0 Å². The first-order chi connectivity index (χ1) is 4.33. The Labute approximate surface area is 71.5 Å². The molecule has 9 heavy (non-hydrogen) atoms. The predicted molar refractivity (Wildman–Crippen MR) is 45.6 cm³/mol. The van der Waals surface area contributed by atoms with Crippen LogP contribution >= 0.6 is 31.9 Å². The molecule has 0 amide bonds. The number of hydrogen-bond acceptors (Lipinski definition) is 0. The lowest BCUT2D eigenvalue weighted by Crippen LogP contribution is -1.74. The van der Waals surface area contributed by atoms with E-state index in [-0.39, 0.29) is 0 Å². The van der Waals surface area contributed by atoms with Gasteiger partial charge in [0.05, 0.1) is 0 Å². The predicted octanol–water partition coefficient (Wildman–Crippen LogP) is 3.14. The van der Waals surface area contributed by atoms with Gasteiger partial charge in [-0.1, -0.05) is 44.0 Å². The molecular weight excluding hydrogens is 244 g/mol. The Bertz CT molecular complexity index is 196. The van der Waals surface area contributed by atoms with E-state index in [9.17, 15) is 0 Å². The summed E-state index contributed by atoms with van der Waals surface area (Å²) in [6.07, 6.45) is 0. The molecule has 1 aromatic carbocycles. The van der Waals surface area contributed by atoms with Crippen LogP contribution in [0, 0.1) is 6.07 Å². The molecule has 0 unspecified atom stereocenters. The van der Waals surface area contributed by atoms with Gasteiger partial charge < -0.3 is 0 Å². The lowest BCUT2D eigenvalue weighted by atomic mass is 10.2. The Hall–Kier alpha value is 0.180. The SMILES string of the molecule is BrCc1cc[c]c(Br)c1. The van der Waals surface area contributed by atoms with Gasteiger partial charge in [0.1, 0.15) is 0 Å². The summed E-state index contributed by atoms with van der Waals surface area (Å²) < 4.78 is 1.01. The summed E-state index contributed by atoms with van der Waals surface area (Å²) >= 11 is 6.68. The highest BCUT2D eigenvalue weighted by Crippen LogP contribution is 2.12. The molecule has 2 heteroatoms. The van der Waals surface area contributed by atoms with Crippen LogP contribution in [0.4, 0.5) is 0 Å². The third kappa shape index (κ3) is 2.11. The molecule has 0 aliphatic carbocycles. The van der Waals surface area contributed by atoms with Crippen molar-refractivity contribution in [1.29, 1.82) is 0 Å². The van der Waals surface area contributed by atoms with E-state index < -0.39 is 0 Å². The topological polar surface area (TPSA) is 0 Å². The van der Waals surface area contributed by atoms with Crippen LogP contribution in [0.15, 0.2) is 22.7 Å². The van der Waals surface area contributed by atoms with Crippen LogP contribution in [0.2, 0.25) is 0 Å². The Morgan fingerprint density at radius 1 is 1.56 bits per heavy atom. The molecule has 0 spiro atoms. The maximum atomic E-state index is 3.36. The molecule has 0 fully saturated rings. The number of alkyl halides is 1. The number of hydrogen-bond donors (Lipinski definition) is 0. The normalized spacial score (nSPS) is 9.56. The van der Waals surface area contributed by atoms with Gasteiger partial charge in [-0.2, -0.15) is 0 Å². The van der Waals surface area contributed by atoms with Gasteiger partial charge in [0.2, 0.25) is 0 Å². The lowest BCUT2D eigenvalue weighted by Gasteiger charge is -1.92. The van der Waals surface area contributed by atoms with Crippen LogP contribution in [-0.4, -0.2) is 0 Å². The van der Waals surface area contributed by atoms with Gasteiger partial charge in [-0.3, -0.25) is 0 Å². The van der Waals surface area contributed by atoms with Crippen molar-refractivity contribution < 1.29 is 0 Å². The van der Waals surface area contributed by atoms with E-state index in [4.69, 9.17) is 0 Å². The fraction of sp³-hybridized carbons (Fsp3) is 0.143. The maximum absolute atomic E-state index is 3.36. The first kappa shape index (κ1) is 7.29. The number of benzene rings is 1. The Kier molecular flexibility index (Phi) is 2.73. The van der Waals surface area contributed by atoms with Crippen LogP contribution in [-0.2, 0) is 5.33 Å². The summed E-state index contributed by atoms with van der Waals surface area (Å²) in [7, 11) is 0. The first-order valence-corrected chi connectivity index (χ1v) is 4.46. The minimum Gasteiger partial charge on any atom is -0.0876 e. The zero-order valence-corrected chi connectivity index (χ0v) is 7.87. The Balaban J connectivity index is 2.94. The molecule has 0 atom stereocenters. The van der Waals surface area contributed by atoms with Gasteiger partial charge in [-0.25, -0.2) is 0 Å². The zero-order chi connectivity index (χ0) is 6.69. The minimum absolute atomic E-state index is 0.903. The van der Waals surface area contributed by atoms with Crippen LogP contribution < -0.4 is 0 Å². The van der Waals surface area contributed by atoms with Crippen LogP contribution in [0.25, 0.3) is 0 Å². The highest BCUT2D eigenvalue weighted by Gasteiger charge is 1.88. The highest BCUT2D eigenvalue weighted by atomic mass is 79.9. The molecular formula is C7H5Br2. The standard InChI is InChI=1S/C7H5Br2/c8-5-6-2-1-3-7(9)4-6/h1-2,4H,5H2. The molecule has 1 aromatic rings. The Morgan fingerprint density at radius 2 is 2.33 bits per heavy atom. The molecule has 0 nitrogen and oxygen atoms in total. The van der Waals surface area contributed by atoms with Crippen molar-refractivity contribution >= 4 is 31.9 Å². The molecule has 0 heterocycles. The van der Waals surface area contributed by atoms with Gasteiger partial charge >= 0.3 is 0 Å². The molecule has 1 radical (unpaired) electrons. The summed E-state index contributed by atoms with van der Waals surface area (Å²) in [5.74, 6) is 0. The molecule has 0 saturated heterocycles. The van der Waals surface area contributed by atoms with Crippen LogP contribution in [0.1, 0.15) is 5.56 Å². The summed E-state index contributed by atoms with van der Waals surface area (Å²) in [4.78, 5) is 0. The number of rotatable bonds is 1. The largest absolute Gasteiger partial charge is 0.0876 e. The van der Waals surface area contributed by atoms with Crippen molar-refractivity contribution in [2.24, 2.45) is 0 Å². The maximum Gasteiger partial charge on any atom is 0.0283 e. The van der Waals surface area contributed by atoms with Gasteiger partial charge in [-0.05, 0) is 17.7 Å². The van der Waals surface area contributed by atoms with Crippen LogP contribution in [0.5, 0.6) is 0 Å². The zero-order valence-electron chi connectivity index (χ0n) is 4.70. The summed E-state index contributed by atoms with van der Waals surface area (Å²) in [6, 6.07) is 8.97. The van der Waals surface area contributed by atoms with Crippen LogP contribution in [0.3, 0.4) is 0 Å². The van der Waals surface area contributed by atoms with E-state index in [0.717, 1.165) is 9.80 Å². The monoisotopic (exact) mass is 247 g/mol. The lowest BCUT2D eigenvalue weighted by molar-refractivity contribution is 1.42. The fourth-order valence-electron chi connectivity index (χ4n) is 0.564. The van der Waals surface area contributed by atoms with Crippen molar-refractivity contribution in [2.75, 3.05) is 0 Å². The van der Waals surface area contributed by atoms with E-state index in [1.807, 2.05) is 18.2 Å². The van der Waals surface area contributed by atoms with Gasteiger partial charge in [0.15, 0.2) is 0 Å². The Morgan fingerprint density at radius 3 is 2.78 bits per heavy atom. The second-order valence-corrected chi connectivity index (χ2v) is 3.09. The van der Waals surface area contributed by atoms with Gasteiger partial charge in [-0.15, -0.1) is 0 Å². The van der Waals surface area contributed by atoms with E-state index in [0.29, 0.717) is 0 Å². The summed E-state index contributed by atoms with van der Waals surface area (Å²) in [5, 5.41) is 0.903. The molecule has 0 aliphatic rings. The number of halogens is 2. The van der Waals surface area contributed by atoms with Gasteiger partial charge in [0.25, 0.3) is 0 Å². The first-order valence-electron chi connectivity index (χ1n) is 2.55. The second-order valence-electron chi connectivity index (χ2n) is 1.68. The summed E-state index contributed by atoms with van der Waals surface area (Å²) in [5.41, 5.74) is 1.26. The summed E-state index contributed by atoms with van der Waals surface area (Å²) in [6.45, 7) is 0. The van der Waals surface area contributed by atoms with Crippen molar-refractivity contribution in [3.63, 3.8) is 0 Å².